The number of rotatable bonds is 2. The highest BCUT2D eigenvalue weighted by Gasteiger charge is 2.59. The van der Waals surface area contributed by atoms with Crippen LogP contribution in [0.25, 0.3) is 0 Å². The highest BCUT2D eigenvalue weighted by Crippen LogP contribution is 2.45. The second-order valence-corrected chi connectivity index (χ2v) is 8.81. The fourth-order valence-corrected chi connectivity index (χ4v) is 4.51. The van der Waals surface area contributed by atoms with E-state index in [9.17, 15) is 37.5 Å². The van der Waals surface area contributed by atoms with E-state index < -0.39 is 47.6 Å². The van der Waals surface area contributed by atoms with Gasteiger partial charge < -0.3 is 20.6 Å². The first-order valence-corrected chi connectivity index (χ1v) is 10.8. The third-order valence-corrected chi connectivity index (χ3v) is 6.45. The molecule has 1 aliphatic carbocycles. The van der Waals surface area contributed by atoms with Crippen molar-refractivity contribution >= 4 is 23.5 Å². The van der Waals surface area contributed by atoms with Crippen molar-refractivity contribution in [2.75, 3.05) is 6.54 Å². The Morgan fingerprint density at radius 3 is 2.62 bits per heavy atom. The molecule has 3 amide bonds. The van der Waals surface area contributed by atoms with Crippen LogP contribution in [0.3, 0.4) is 0 Å². The second-order valence-electron chi connectivity index (χ2n) is 8.81. The van der Waals surface area contributed by atoms with Gasteiger partial charge in [0.05, 0.1) is 6.10 Å². The van der Waals surface area contributed by atoms with Crippen LogP contribution in [0, 0.1) is 5.92 Å². The number of hydrogen-bond donors (Lipinski definition) is 3. The average molecular weight is 459 g/mol. The number of carbonyl (C=O) groups excluding carboxylic acids is 4. The summed E-state index contributed by atoms with van der Waals surface area (Å²) in [6.07, 6.45) is 0.345. The zero-order chi connectivity index (χ0) is 23.7. The van der Waals surface area contributed by atoms with Gasteiger partial charge in [0.2, 0.25) is 11.8 Å². The lowest BCUT2D eigenvalue weighted by Crippen LogP contribution is -2.57. The van der Waals surface area contributed by atoms with Gasteiger partial charge in [-0.3, -0.25) is 19.2 Å². The summed E-state index contributed by atoms with van der Waals surface area (Å²) in [5, 5.41) is 14.6. The van der Waals surface area contributed by atoms with Gasteiger partial charge in [-0.25, -0.2) is 0 Å². The lowest BCUT2D eigenvalue weighted by molar-refractivity contribution is -0.175. The fraction of sp³-hybridized carbons (Fsp3) is 0.714. The molecule has 11 heteroatoms. The Morgan fingerprint density at radius 1 is 1.25 bits per heavy atom. The number of carbonyl (C=O) groups is 4. The van der Waals surface area contributed by atoms with Gasteiger partial charge in [-0.05, 0) is 32.6 Å². The zero-order valence-electron chi connectivity index (χ0n) is 17.8. The molecular weight excluding hydrogens is 431 g/mol. The summed E-state index contributed by atoms with van der Waals surface area (Å²) in [6.45, 7) is 1.13. The van der Waals surface area contributed by atoms with Crippen molar-refractivity contribution in [3.8, 4) is 0 Å². The molecule has 0 bridgehead atoms. The average Bonchev–Trinajstić information content (AvgIpc) is 3.25. The Morgan fingerprint density at radius 2 is 1.97 bits per heavy atom. The van der Waals surface area contributed by atoms with Gasteiger partial charge in [0, 0.05) is 18.9 Å². The Hall–Kier alpha value is -2.43. The molecule has 8 nitrogen and oxygen atoms in total. The number of Topliss-reactive ketones (excluding diaryl/α,β-unsaturated/α-hetero) is 1. The van der Waals surface area contributed by atoms with Gasteiger partial charge in [0.25, 0.3) is 0 Å². The summed E-state index contributed by atoms with van der Waals surface area (Å²) in [5.41, 5.74) is -1.07. The van der Waals surface area contributed by atoms with Crippen molar-refractivity contribution in [1.82, 2.24) is 15.5 Å². The summed E-state index contributed by atoms with van der Waals surface area (Å²) in [5.74, 6) is -4.11. The molecule has 3 rings (SSSR count). The molecule has 1 saturated heterocycles. The van der Waals surface area contributed by atoms with Gasteiger partial charge in [-0.15, -0.1) is 0 Å². The standard InChI is InChI=1S/C21H28F3N3O5/c1-12(28)20-10-13(20)7-5-3-2-4-6-8-15(25-19(32)21(22,23)24)18(31)27-11-14(29)9-16(27)17(30)26-20/h5,7,13-16,29H,2-4,6,8-11H2,1H3,(H,25,32)(H,26,30)/b7-5-/t13-,14-,15+,16+,20+/m1/s1. The van der Waals surface area contributed by atoms with E-state index in [1.807, 2.05) is 12.2 Å². The molecule has 0 unspecified atom stereocenters. The summed E-state index contributed by atoms with van der Waals surface area (Å²) < 4.78 is 38.4. The molecule has 32 heavy (non-hydrogen) atoms. The molecule has 5 atom stereocenters. The van der Waals surface area contributed by atoms with E-state index in [0.717, 1.165) is 11.3 Å². The van der Waals surface area contributed by atoms with E-state index in [2.05, 4.69) is 5.32 Å². The number of nitrogens with one attached hydrogen (secondary N) is 2. The van der Waals surface area contributed by atoms with Gasteiger partial charge in [0.1, 0.15) is 17.6 Å². The van der Waals surface area contributed by atoms with E-state index in [-0.39, 0.29) is 31.1 Å². The first-order valence-electron chi connectivity index (χ1n) is 10.8. The van der Waals surface area contributed by atoms with E-state index in [4.69, 9.17) is 0 Å². The van der Waals surface area contributed by atoms with Gasteiger partial charge in [-0.1, -0.05) is 25.0 Å². The van der Waals surface area contributed by atoms with Gasteiger partial charge in [-0.2, -0.15) is 13.2 Å². The van der Waals surface area contributed by atoms with E-state index in [1.165, 1.54) is 6.92 Å². The monoisotopic (exact) mass is 459 g/mol. The van der Waals surface area contributed by atoms with Crippen LogP contribution in [-0.4, -0.2) is 70.0 Å². The third kappa shape index (κ3) is 5.13. The summed E-state index contributed by atoms with van der Waals surface area (Å²) in [6, 6.07) is -2.62. The quantitative estimate of drug-likeness (QED) is 0.533. The lowest BCUT2D eigenvalue weighted by atomic mass is 10.0. The first kappa shape index (κ1) is 24.2. The molecule has 178 valence electrons. The van der Waals surface area contributed by atoms with Crippen molar-refractivity contribution in [2.24, 2.45) is 5.92 Å². The number of fused-ring (bicyclic) bond motifs is 2. The van der Waals surface area contributed by atoms with Crippen molar-refractivity contribution < 1.29 is 37.5 Å². The number of aliphatic hydroxyl groups is 1. The summed E-state index contributed by atoms with van der Waals surface area (Å²) >= 11 is 0. The number of allylic oxidation sites excluding steroid dienone is 1. The molecule has 2 fully saturated rings. The smallest absolute Gasteiger partial charge is 0.391 e. The predicted molar refractivity (Wildman–Crippen MR) is 106 cm³/mol. The summed E-state index contributed by atoms with van der Waals surface area (Å²) in [7, 11) is 0. The number of amides is 3. The van der Waals surface area contributed by atoms with Crippen molar-refractivity contribution in [2.45, 2.75) is 81.8 Å². The van der Waals surface area contributed by atoms with Crippen molar-refractivity contribution in [3.05, 3.63) is 12.2 Å². The Balaban J connectivity index is 1.86. The molecule has 1 saturated carbocycles. The topological polar surface area (TPSA) is 116 Å². The Kier molecular flexibility index (Phi) is 6.97. The number of aliphatic hydroxyl groups excluding tert-OH is 1. The highest BCUT2D eigenvalue weighted by atomic mass is 19.4. The second kappa shape index (κ2) is 9.21. The Labute approximate surface area is 183 Å². The molecular formula is C21H28F3N3O5. The van der Waals surface area contributed by atoms with Gasteiger partial charge in [0.15, 0.2) is 5.78 Å². The summed E-state index contributed by atoms with van der Waals surface area (Å²) in [4.78, 5) is 50.9. The van der Waals surface area contributed by atoms with Crippen LogP contribution >= 0.6 is 0 Å². The maximum atomic E-state index is 13.1. The van der Waals surface area contributed by atoms with Crippen molar-refractivity contribution in [3.63, 3.8) is 0 Å². The van der Waals surface area contributed by atoms with Crippen molar-refractivity contribution in [1.29, 1.82) is 0 Å². The number of ketones is 1. The fourth-order valence-electron chi connectivity index (χ4n) is 4.51. The van der Waals surface area contributed by atoms with E-state index in [1.54, 1.807) is 5.32 Å². The molecule has 3 N–H and O–H groups in total. The number of nitrogens with zero attached hydrogens (tertiary/aromatic N) is 1. The normalized spacial score (nSPS) is 35.0. The maximum Gasteiger partial charge on any atom is 0.471 e. The van der Waals surface area contributed by atoms with Crippen LogP contribution in [0.5, 0.6) is 0 Å². The van der Waals surface area contributed by atoms with Crippen LogP contribution in [0.4, 0.5) is 13.2 Å². The van der Waals surface area contributed by atoms with Crippen LogP contribution < -0.4 is 10.6 Å². The van der Waals surface area contributed by atoms with E-state index in [0.29, 0.717) is 25.7 Å². The van der Waals surface area contributed by atoms with Crippen LogP contribution in [0.15, 0.2) is 12.2 Å². The number of halogens is 3. The zero-order valence-corrected chi connectivity index (χ0v) is 17.8. The molecule has 0 radical (unpaired) electrons. The van der Waals surface area contributed by atoms with Gasteiger partial charge >= 0.3 is 12.1 Å². The first-order chi connectivity index (χ1) is 15.0. The minimum Gasteiger partial charge on any atom is -0.391 e. The molecule has 0 aromatic rings. The van der Waals surface area contributed by atoms with Crippen LogP contribution in [0.1, 0.15) is 51.9 Å². The minimum absolute atomic E-state index is 0.0225. The molecule has 0 aromatic heterocycles. The van der Waals surface area contributed by atoms with E-state index >= 15 is 0 Å². The molecule has 0 aromatic carbocycles. The molecule has 2 aliphatic heterocycles. The van der Waals surface area contributed by atoms with Crippen LogP contribution in [0.2, 0.25) is 0 Å². The highest BCUT2D eigenvalue weighted by molar-refractivity contribution is 5.98. The lowest BCUT2D eigenvalue weighted by Gasteiger charge is -2.29. The third-order valence-electron chi connectivity index (χ3n) is 6.45. The molecule has 2 heterocycles. The number of alkyl halides is 3. The molecule has 0 spiro atoms. The number of hydrogen-bond acceptors (Lipinski definition) is 5. The van der Waals surface area contributed by atoms with Crippen LogP contribution in [-0.2, 0) is 19.2 Å². The largest absolute Gasteiger partial charge is 0.471 e. The molecule has 3 aliphatic rings. The minimum atomic E-state index is -5.15. The Bertz CT molecular complexity index is 815. The maximum absolute atomic E-state index is 13.1. The predicted octanol–water partition coefficient (Wildman–Crippen LogP) is 0.980. The SMILES string of the molecule is CC(=O)[C@@]12C[C@H]1/C=C\CCCCC[C@H](NC(=O)C(F)(F)F)C(=O)N1C[C@H](O)C[C@H]1C(=O)N2.